The smallest absolute Gasteiger partial charge is 0.320 e. The molecule has 0 aromatic carbocycles. The van der Waals surface area contributed by atoms with Crippen molar-refractivity contribution in [2.45, 2.75) is 25.8 Å². The van der Waals surface area contributed by atoms with Crippen LogP contribution in [0.3, 0.4) is 0 Å². The van der Waals surface area contributed by atoms with E-state index in [1.807, 2.05) is 17.5 Å². The second kappa shape index (κ2) is 6.44. The number of thiophene rings is 1. The molecule has 0 aliphatic carbocycles. The van der Waals surface area contributed by atoms with Crippen LogP contribution in [0.15, 0.2) is 22.0 Å². The predicted molar refractivity (Wildman–Crippen MR) is 71.0 cm³/mol. The van der Waals surface area contributed by atoms with E-state index in [-0.39, 0.29) is 0 Å². The molecule has 1 unspecified atom stereocenters. The molecule has 0 bridgehead atoms. The molecule has 2 rings (SSSR count). The minimum Gasteiger partial charge on any atom is -0.480 e. The molecule has 0 saturated heterocycles. The highest BCUT2D eigenvalue weighted by atomic mass is 32.1. The monoisotopic (exact) mass is 281 g/mol. The Hall–Kier alpha value is -1.73. The molecule has 0 aliphatic heterocycles. The van der Waals surface area contributed by atoms with Crippen LogP contribution >= 0.6 is 11.3 Å². The SMILES string of the molecule is CC(NCCCc1nc(-c2cccs2)no1)C(=O)O. The molecular weight excluding hydrogens is 266 g/mol. The Morgan fingerprint density at radius 3 is 3.16 bits per heavy atom. The molecule has 0 aliphatic rings. The van der Waals surface area contributed by atoms with Gasteiger partial charge in [-0.1, -0.05) is 11.2 Å². The second-order valence-electron chi connectivity index (χ2n) is 4.11. The van der Waals surface area contributed by atoms with Gasteiger partial charge < -0.3 is 14.9 Å². The lowest BCUT2D eigenvalue weighted by molar-refractivity contribution is -0.138. The van der Waals surface area contributed by atoms with Gasteiger partial charge >= 0.3 is 5.97 Å². The van der Waals surface area contributed by atoms with Crippen LogP contribution in [0.4, 0.5) is 0 Å². The lowest BCUT2D eigenvalue weighted by atomic mass is 10.3. The number of carbonyl (C=O) groups is 1. The second-order valence-corrected chi connectivity index (χ2v) is 5.05. The van der Waals surface area contributed by atoms with E-state index in [1.54, 1.807) is 18.3 Å². The molecule has 0 spiro atoms. The molecule has 7 heteroatoms. The number of nitrogens with one attached hydrogen (secondary N) is 1. The van der Waals surface area contributed by atoms with Crippen LogP contribution in [-0.4, -0.2) is 33.8 Å². The Labute approximate surface area is 114 Å². The van der Waals surface area contributed by atoms with Gasteiger partial charge in [-0.2, -0.15) is 4.98 Å². The Bertz CT molecular complexity index is 524. The quantitative estimate of drug-likeness (QED) is 0.752. The van der Waals surface area contributed by atoms with Crippen LogP contribution in [0.1, 0.15) is 19.2 Å². The van der Waals surface area contributed by atoms with E-state index in [2.05, 4.69) is 15.5 Å². The number of carboxylic acids is 1. The van der Waals surface area contributed by atoms with Crippen LogP contribution in [0.5, 0.6) is 0 Å². The van der Waals surface area contributed by atoms with E-state index in [4.69, 9.17) is 9.63 Å². The topological polar surface area (TPSA) is 88.3 Å². The van der Waals surface area contributed by atoms with Crippen LogP contribution in [0.2, 0.25) is 0 Å². The van der Waals surface area contributed by atoms with Gasteiger partial charge in [0.05, 0.1) is 4.88 Å². The van der Waals surface area contributed by atoms with Gasteiger partial charge in [0.25, 0.3) is 0 Å². The maximum Gasteiger partial charge on any atom is 0.320 e. The van der Waals surface area contributed by atoms with E-state index in [9.17, 15) is 4.79 Å². The van der Waals surface area contributed by atoms with Gasteiger partial charge in [0.1, 0.15) is 6.04 Å². The van der Waals surface area contributed by atoms with Crippen molar-refractivity contribution >= 4 is 17.3 Å². The predicted octanol–water partition coefficient (Wildman–Crippen LogP) is 1.79. The Kier molecular flexibility index (Phi) is 4.64. The zero-order valence-electron chi connectivity index (χ0n) is 10.5. The zero-order chi connectivity index (χ0) is 13.7. The third kappa shape index (κ3) is 3.87. The zero-order valence-corrected chi connectivity index (χ0v) is 11.3. The standard InChI is InChI=1S/C12H15N3O3S/c1-8(12(16)17)13-6-2-5-10-14-11(15-18-10)9-4-3-7-19-9/h3-4,7-8,13H,2,5-6H2,1H3,(H,16,17). The maximum atomic E-state index is 10.6. The number of rotatable bonds is 7. The van der Waals surface area contributed by atoms with Crippen molar-refractivity contribution < 1.29 is 14.4 Å². The van der Waals surface area contributed by atoms with Gasteiger partial charge in [-0.25, -0.2) is 0 Å². The van der Waals surface area contributed by atoms with Crippen LogP contribution in [0, 0.1) is 0 Å². The molecule has 0 radical (unpaired) electrons. The van der Waals surface area contributed by atoms with E-state index in [1.165, 1.54) is 0 Å². The number of nitrogens with zero attached hydrogens (tertiary/aromatic N) is 2. The molecule has 6 nitrogen and oxygen atoms in total. The minimum absolute atomic E-state index is 0.538. The third-order valence-corrected chi connectivity index (χ3v) is 3.46. The highest BCUT2D eigenvalue weighted by Gasteiger charge is 2.11. The maximum absolute atomic E-state index is 10.6. The van der Waals surface area contributed by atoms with E-state index < -0.39 is 12.0 Å². The van der Waals surface area contributed by atoms with Gasteiger partial charge in [0.15, 0.2) is 0 Å². The summed E-state index contributed by atoms with van der Waals surface area (Å²) in [5.74, 6) is 0.336. The lowest BCUT2D eigenvalue weighted by Crippen LogP contribution is -2.34. The number of aryl methyl sites for hydroxylation is 1. The first-order chi connectivity index (χ1) is 9.16. The molecule has 1 atom stereocenters. The van der Waals surface area contributed by atoms with Crippen LogP contribution < -0.4 is 5.32 Å². The summed E-state index contributed by atoms with van der Waals surface area (Å²) in [4.78, 5) is 15.9. The summed E-state index contributed by atoms with van der Waals surface area (Å²) in [5, 5.41) is 17.5. The average molecular weight is 281 g/mol. The average Bonchev–Trinajstić information content (AvgIpc) is 3.04. The molecule has 102 valence electrons. The molecular formula is C12H15N3O3S. The molecule has 2 N–H and O–H groups in total. The molecule has 0 saturated carbocycles. The molecule has 0 fully saturated rings. The summed E-state index contributed by atoms with van der Waals surface area (Å²) in [6.45, 7) is 2.22. The number of hydrogen-bond donors (Lipinski definition) is 2. The molecule has 0 amide bonds. The van der Waals surface area contributed by atoms with E-state index in [0.717, 1.165) is 11.3 Å². The summed E-state index contributed by atoms with van der Waals surface area (Å²) < 4.78 is 5.14. The Morgan fingerprint density at radius 1 is 1.63 bits per heavy atom. The van der Waals surface area contributed by atoms with Gasteiger partial charge in [-0.3, -0.25) is 4.79 Å². The van der Waals surface area contributed by atoms with Crippen molar-refractivity contribution in [1.29, 1.82) is 0 Å². The summed E-state index contributed by atoms with van der Waals surface area (Å²) in [6.07, 6.45) is 1.39. The van der Waals surface area contributed by atoms with Gasteiger partial charge in [0, 0.05) is 6.42 Å². The van der Waals surface area contributed by atoms with E-state index >= 15 is 0 Å². The fourth-order valence-electron chi connectivity index (χ4n) is 1.51. The fourth-order valence-corrected chi connectivity index (χ4v) is 2.16. The summed E-state index contributed by atoms with van der Waals surface area (Å²) in [7, 11) is 0. The van der Waals surface area contributed by atoms with Crippen molar-refractivity contribution in [1.82, 2.24) is 15.5 Å². The summed E-state index contributed by atoms with van der Waals surface area (Å²) >= 11 is 1.56. The molecule has 19 heavy (non-hydrogen) atoms. The molecule has 2 aromatic heterocycles. The van der Waals surface area contributed by atoms with Crippen molar-refractivity contribution in [3.63, 3.8) is 0 Å². The van der Waals surface area contributed by atoms with Crippen molar-refractivity contribution in [3.8, 4) is 10.7 Å². The first-order valence-corrected chi connectivity index (χ1v) is 6.87. The number of carboxylic acid groups (broad SMARTS) is 1. The molecule has 2 heterocycles. The van der Waals surface area contributed by atoms with Crippen LogP contribution in [-0.2, 0) is 11.2 Å². The number of hydrogen-bond acceptors (Lipinski definition) is 6. The highest BCUT2D eigenvalue weighted by Crippen LogP contribution is 2.21. The molecule has 2 aromatic rings. The van der Waals surface area contributed by atoms with Gasteiger partial charge in [-0.05, 0) is 31.3 Å². The Morgan fingerprint density at radius 2 is 2.47 bits per heavy atom. The summed E-state index contributed by atoms with van der Waals surface area (Å²) in [6, 6.07) is 3.34. The van der Waals surface area contributed by atoms with Gasteiger partial charge in [-0.15, -0.1) is 11.3 Å². The number of aliphatic carboxylic acids is 1. The third-order valence-electron chi connectivity index (χ3n) is 2.60. The minimum atomic E-state index is -0.849. The lowest BCUT2D eigenvalue weighted by Gasteiger charge is -2.07. The largest absolute Gasteiger partial charge is 0.480 e. The first kappa shape index (κ1) is 13.7. The fraction of sp³-hybridized carbons (Fsp3) is 0.417. The highest BCUT2D eigenvalue weighted by molar-refractivity contribution is 7.13. The van der Waals surface area contributed by atoms with Crippen molar-refractivity contribution in [2.75, 3.05) is 6.54 Å². The Balaban J connectivity index is 1.77. The van der Waals surface area contributed by atoms with E-state index in [0.29, 0.717) is 24.7 Å². The summed E-state index contributed by atoms with van der Waals surface area (Å²) in [5.41, 5.74) is 0. The first-order valence-electron chi connectivity index (χ1n) is 5.99. The van der Waals surface area contributed by atoms with Crippen molar-refractivity contribution in [3.05, 3.63) is 23.4 Å². The van der Waals surface area contributed by atoms with Crippen LogP contribution in [0.25, 0.3) is 10.7 Å². The van der Waals surface area contributed by atoms with Crippen molar-refractivity contribution in [2.24, 2.45) is 0 Å². The van der Waals surface area contributed by atoms with Gasteiger partial charge in [0.2, 0.25) is 11.7 Å². The normalized spacial score (nSPS) is 12.5. The number of aromatic nitrogens is 2.